The number of ether oxygens (including phenoxy) is 1. The van der Waals surface area contributed by atoms with Crippen molar-refractivity contribution in [1.29, 1.82) is 0 Å². The van der Waals surface area contributed by atoms with Gasteiger partial charge in [0.15, 0.2) is 17.0 Å². The van der Waals surface area contributed by atoms with Crippen LogP contribution in [0.4, 0.5) is 5.69 Å². The van der Waals surface area contributed by atoms with Crippen LogP contribution < -0.4 is 10.1 Å². The number of carbonyl (C=O) groups excluding carboxylic acids is 1. The number of benzene rings is 2. The number of hydrogen-bond acceptors (Lipinski definition) is 8. The summed E-state index contributed by atoms with van der Waals surface area (Å²) in [7, 11) is 4.04. The molecule has 0 spiro atoms. The Morgan fingerprint density at radius 1 is 0.929 bits per heavy atom. The first-order valence-corrected chi connectivity index (χ1v) is 14.0. The van der Waals surface area contributed by atoms with Crippen molar-refractivity contribution >= 4 is 22.8 Å². The van der Waals surface area contributed by atoms with Crippen LogP contribution in [0.2, 0.25) is 0 Å². The molecule has 1 amide bonds. The number of aryl methyl sites for hydroxylation is 3. The summed E-state index contributed by atoms with van der Waals surface area (Å²) < 4.78 is 8.07. The molecule has 0 aliphatic carbocycles. The van der Waals surface area contributed by atoms with Crippen LogP contribution in [0.3, 0.4) is 0 Å². The topological polar surface area (TPSA) is 101 Å². The third kappa shape index (κ3) is 5.86. The van der Waals surface area contributed by atoms with Crippen LogP contribution >= 0.6 is 0 Å². The van der Waals surface area contributed by atoms with Gasteiger partial charge >= 0.3 is 0 Å². The van der Waals surface area contributed by atoms with E-state index in [1.807, 2.05) is 54.9 Å². The summed E-state index contributed by atoms with van der Waals surface area (Å²) in [6.07, 6.45) is 5.06. The number of piperazine rings is 1. The number of aromatic nitrogens is 5. The van der Waals surface area contributed by atoms with E-state index in [1.165, 1.54) is 5.56 Å². The molecule has 3 aromatic heterocycles. The number of carbonyl (C=O) groups is 1. The van der Waals surface area contributed by atoms with Crippen molar-refractivity contribution < 1.29 is 9.53 Å². The van der Waals surface area contributed by atoms with E-state index < -0.39 is 0 Å². The predicted molar refractivity (Wildman–Crippen MR) is 163 cm³/mol. The van der Waals surface area contributed by atoms with Crippen molar-refractivity contribution in [2.24, 2.45) is 7.05 Å². The summed E-state index contributed by atoms with van der Waals surface area (Å²) in [5.41, 5.74) is 6.55. The van der Waals surface area contributed by atoms with Gasteiger partial charge in [-0.2, -0.15) is 4.98 Å². The largest absolute Gasteiger partial charge is 0.437 e. The number of likely N-dealkylation sites (N-methyl/N-ethyl adjacent to an activating group) is 1. The number of imidazole rings is 1. The summed E-state index contributed by atoms with van der Waals surface area (Å²) in [5.74, 6) is 1.09. The summed E-state index contributed by atoms with van der Waals surface area (Å²) in [6.45, 7) is 9.24. The molecule has 0 unspecified atom stereocenters. The number of anilines is 1. The van der Waals surface area contributed by atoms with Gasteiger partial charge in [0.25, 0.3) is 11.8 Å². The quantitative estimate of drug-likeness (QED) is 0.301. The number of pyridine rings is 1. The second kappa shape index (κ2) is 11.7. The normalized spacial score (nSPS) is 14.3. The number of nitrogens with one attached hydrogen (secondary N) is 1. The molecular formula is C32H34N8O2. The van der Waals surface area contributed by atoms with Gasteiger partial charge in [-0.3, -0.25) is 14.7 Å². The maximum absolute atomic E-state index is 13.4. The zero-order chi connectivity index (χ0) is 29.2. The first kappa shape index (κ1) is 27.5. The Bertz CT molecular complexity index is 1740. The van der Waals surface area contributed by atoms with Crippen LogP contribution in [0.25, 0.3) is 22.6 Å². The zero-order valence-corrected chi connectivity index (χ0v) is 24.3. The SMILES string of the molecule is Cc1cc(NC(=O)c2cc(Oc3nc(-c4ccncc4)nc4c3ncn4C)ccc2C)ccc1CN1CCN(C)CC1. The van der Waals surface area contributed by atoms with Gasteiger partial charge in [-0.15, -0.1) is 0 Å². The Kier molecular flexibility index (Phi) is 7.64. The second-order valence-corrected chi connectivity index (χ2v) is 10.9. The fourth-order valence-electron chi connectivity index (χ4n) is 5.10. The molecule has 214 valence electrons. The molecule has 6 rings (SSSR count). The van der Waals surface area contributed by atoms with E-state index in [9.17, 15) is 4.79 Å². The van der Waals surface area contributed by atoms with Crippen LogP contribution in [0, 0.1) is 13.8 Å². The van der Waals surface area contributed by atoms with Crippen LogP contribution in [-0.4, -0.2) is 73.4 Å². The van der Waals surface area contributed by atoms with Gasteiger partial charge in [-0.25, -0.2) is 9.97 Å². The van der Waals surface area contributed by atoms with Gasteiger partial charge in [-0.1, -0.05) is 12.1 Å². The van der Waals surface area contributed by atoms with E-state index >= 15 is 0 Å². The Morgan fingerprint density at radius 3 is 2.48 bits per heavy atom. The van der Waals surface area contributed by atoms with E-state index in [4.69, 9.17) is 4.74 Å². The average Bonchev–Trinajstić information content (AvgIpc) is 3.37. The van der Waals surface area contributed by atoms with Gasteiger partial charge < -0.3 is 19.5 Å². The van der Waals surface area contributed by atoms with Crippen molar-refractivity contribution in [3.8, 4) is 23.0 Å². The standard InChI is InChI=1S/C32H34N8O2/c1-21-5-8-26(42-32-28-30(39(4)20-34-28)36-29(37-32)23-9-11-33-12-10-23)18-27(21)31(41)35-25-7-6-24(22(2)17-25)19-40-15-13-38(3)14-16-40/h5-12,17-18,20H,13-16,19H2,1-4H3,(H,35,41). The minimum atomic E-state index is -0.202. The van der Waals surface area contributed by atoms with E-state index in [0.29, 0.717) is 34.2 Å². The number of amides is 1. The Labute approximate surface area is 245 Å². The van der Waals surface area contributed by atoms with Gasteiger partial charge in [-0.05, 0) is 74.0 Å². The maximum Gasteiger partial charge on any atom is 0.256 e. The zero-order valence-electron chi connectivity index (χ0n) is 24.3. The van der Waals surface area contributed by atoms with Gasteiger partial charge in [0.2, 0.25) is 0 Å². The van der Waals surface area contributed by atoms with Crippen molar-refractivity contribution in [2.45, 2.75) is 20.4 Å². The molecule has 5 aromatic rings. The third-order valence-corrected chi connectivity index (χ3v) is 7.72. The molecule has 10 nitrogen and oxygen atoms in total. The molecule has 1 aliphatic rings. The highest BCUT2D eigenvalue weighted by Crippen LogP contribution is 2.30. The first-order valence-electron chi connectivity index (χ1n) is 14.0. The van der Waals surface area contributed by atoms with Gasteiger partial charge in [0, 0.05) is 69.0 Å². The molecule has 0 saturated carbocycles. The molecule has 42 heavy (non-hydrogen) atoms. The number of hydrogen-bond donors (Lipinski definition) is 1. The fourth-order valence-corrected chi connectivity index (χ4v) is 5.10. The van der Waals surface area contributed by atoms with E-state index in [1.54, 1.807) is 24.8 Å². The molecule has 1 N–H and O–H groups in total. The van der Waals surface area contributed by atoms with E-state index in [0.717, 1.165) is 55.1 Å². The lowest BCUT2D eigenvalue weighted by Gasteiger charge is -2.32. The molecule has 0 bridgehead atoms. The monoisotopic (exact) mass is 562 g/mol. The van der Waals surface area contributed by atoms with Crippen molar-refractivity contribution in [1.82, 2.24) is 34.3 Å². The Hall–Kier alpha value is -4.67. The lowest BCUT2D eigenvalue weighted by molar-refractivity contribution is 0.102. The van der Waals surface area contributed by atoms with Crippen LogP contribution in [-0.2, 0) is 13.6 Å². The van der Waals surface area contributed by atoms with Gasteiger partial charge in [0.1, 0.15) is 5.75 Å². The summed E-state index contributed by atoms with van der Waals surface area (Å²) >= 11 is 0. The molecule has 1 saturated heterocycles. The minimum absolute atomic E-state index is 0.202. The molecule has 10 heteroatoms. The molecule has 0 radical (unpaired) electrons. The van der Waals surface area contributed by atoms with Crippen molar-refractivity contribution in [2.75, 3.05) is 38.5 Å². The lowest BCUT2D eigenvalue weighted by atomic mass is 10.1. The second-order valence-electron chi connectivity index (χ2n) is 10.9. The van der Waals surface area contributed by atoms with E-state index in [2.05, 4.69) is 55.1 Å². The van der Waals surface area contributed by atoms with E-state index in [-0.39, 0.29) is 5.91 Å². The summed E-state index contributed by atoms with van der Waals surface area (Å²) in [6, 6.07) is 15.3. The molecule has 2 aromatic carbocycles. The molecule has 4 heterocycles. The third-order valence-electron chi connectivity index (χ3n) is 7.72. The highest BCUT2D eigenvalue weighted by atomic mass is 16.5. The summed E-state index contributed by atoms with van der Waals surface area (Å²) in [4.78, 5) is 36.1. The summed E-state index contributed by atoms with van der Waals surface area (Å²) in [5, 5.41) is 3.07. The molecular weight excluding hydrogens is 528 g/mol. The molecule has 1 aliphatic heterocycles. The van der Waals surface area contributed by atoms with Crippen molar-refractivity contribution in [3.63, 3.8) is 0 Å². The highest BCUT2D eigenvalue weighted by Gasteiger charge is 2.18. The Balaban J connectivity index is 1.21. The number of fused-ring (bicyclic) bond motifs is 1. The van der Waals surface area contributed by atoms with Crippen LogP contribution in [0.1, 0.15) is 27.0 Å². The Morgan fingerprint density at radius 2 is 1.71 bits per heavy atom. The smallest absolute Gasteiger partial charge is 0.256 e. The average molecular weight is 563 g/mol. The maximum atomic E-state index is 13.4. The first-order chi connectivity index (χ1) is 20.3. The molecule has 0 atom stereocenters. The number of rotatable bonds is 7. The van der Waals surface area contributed by atoms with Crippen LogP contribution in [0.5, 0.6) is 11.6 Å². The van der Waals surface area contributed by atoms with Gasteiger partial charge in [0.05, 0.1) is 6.33 Å². The van der Waals surface area contributed by atoms with Crippen molar-refractivity contribution in [3.05, 3.63) is 89.5 Å². The lowest BCUT2D eigenvalue weighted by Crippen LogP contribution is -2.43. The number of nitrogens with zero attached hydrogens (tertiary/aromatic N) is 7. The fraction of sp³-hybridized carbons (Fsp3) is 0.281. The predicted octanol–water partition coefficient (Wildman–Crippen LogP) is 4.83. The molecule has 1 fully saturated rings. The minimum Gasteiger partial charge on any atom is -0.437 e. The van der Waals surface area contributed by atoms with Crippen LogP contribution in [0.15, 0.2) is 67.3 Å². The highest BCUT2D eigenvalue weighted by molar-refractivity contribution is 6.05.